The number of ether oxygens (including phenoxy) is 1. The lowest BCUT2D eigenvalue weighted by Gasteiger charge is -2.13. The molecule has 0 bridgehead atoms. The molecule has 1 unspecified atom stereocenters. The summed E-state index contributed by atoms with van der Waals surface area (Å²) in [4.78, 5) is 38.4. The van der Waals surface area contributed by atoms with Crippen molar-refractivity contribution in [1.29, 1.82) is 0 Å². The first-order valence-electron chi connectivity index (χ1n) is 10.9. The van der Waals surface area contributed by atoms with Gasteiger partial charge in [0.1, 0.15) is 11.6 Å². The van der Waals surface area contributed by atoms with Crippen LogP contribution in [0.2, 0.25) is 0 Å². The van der Waals surface area contributed by atoms with Crippen LogP contribution in [-0.4, -0.2) is 35.9 Å². The zero-order valence-corrected chi connectivity index (χ0v) is 20.0. The third kappa shape index (κ3) is 6.07. The molecule has 1 aliphatic rings. The van der Waals surface area contributed by atoms with Gasteiger partial charge in [-0.1, -0.05) is 24.3 Å². The quantitative estimate of drug-likeness (QED) is 0.483. The summed E-state index contributed by atoms with van der Waals surface area (Å²) in [6, 6.07) is 23.2. The lowest BCUT2D eigenvalue weighted by atomic mass is 10.2. The second-order valence-corrected chi connectivity index (χ2v) is 9.14. The van der Waals surface area contributed by atoms with Crippen molar-refractivity contribution in [3.05, 3.63) is 84.4 Å². The van der Waals surface area contributed by atoms with Gasteiger partial charge < -0.3 is 15.4 Å². The van der Waals surface area contributed by atoms with E-state index in [0.29, 0.717) is 28.5 Å². The zero-order valence-electron chi connectivity index (χ0n) is 19.2. The van der Waals surface area contributed by atoms with Crippen molar-refractivity contribution in [2.75, 3.05) is 17.4 Å². The smallest absolute Gasteiger partial charge is 0.255 e. The number of nitrogens with one attached hydrogen (secondary N) is 2. The van der Waals surface area contributed by atoms with Crippen LogP contribution in [-0.2, 0) is 9.59 Å². The Kier molecular flexibility index (Phi) is 7.47. The molecule has 1 aliphatic heterocycles. The van der Waals surface area contributed by atoms with Gasteiger partial charge in [-0.3, -0.25) is 14.4 Å². The predicted molar refractivity (Wildman–Crippen MR) is 137 cm³/mol. The second-order valence-electron chi connectivity index (χ2n) is 7.72. The van der Waals surface area contributed by atoms with E-state index >= 15 is 0 Å². The molecule has 3 aromatic carbocycles. The molecule has 0 fully saturated rings. The van der Waals surface area contributed by atoms with Crippen LogP contribution in [0.15, 0.2) is 88.9 Å². The first-order valence-corrected chi connectivity index (χ1v) is 11.8. The molecular formula is C26H24N4O4S. The van der Waals surface area contributed by atoms with Gasteiger partial charge in [-0.05, 0) is 61.5 Å². The molecule has 35 heavy (non-hydrogen) atoms. The number of methoxy groups -OCH3 is 1. The van der Waals surface area contributed by atoms with E-state index in [1.54, 1.807) is 56.5 Å². The average molecular weight is 489 g/mol. The molecule has 0 spiro atoms. The minimum atomic E-state index is -0.453. The van der Waals surface area contributed by atoms with Crippen molar-refractivity contribution in [2.24, 2.45) is 5.10 Å². The number of hydrogen-bond acceptors (Lipinski definition) is 6. The normalized spacial score (nSPS) is 13.7. The van der Waals surface area contributed by atoms with Crippen molar-refractivity contribution in [2.45, 2.75) is 23.5 Å². The van der Waals surface area contributed by atoms with Gasteiger partial charge in [-0.25, -0.2) is 0 Å². The monoisotopic (exact) mass is 488 g/mol. The number of hydrazone groups is 1. The summed E-state index contributed by atoms with van der Waals surface area (Å²) < 4.78 is 5.12. The summed E-state index contributed by atoms with van der Waals surface area (Å²) in [5, 5.41) is 10.7. The lowest BCUT2D eigenvalue weighted by Crippen LogP contribution is -2.35. The van der Waals surface area contributed by atoms with E-state index in [-0.39, 0.29) is 24.1 Å². The number of amidine groups is 1. The number of amides is 3. The van der Waals surface area contributed by atoms with Gasteiger partial charge >= 0.3 is 0 Å². The highest BCUT2D eigenvalue weighted by Crippen LogP contribution is 2.27. The highest BCUT2D eigenvalue weighted by molar-refractivity contribution is 8.00. The van der Waals surface area contributed by atoms with Gasteiger partial charge in [0.2, 0.25) is 5.91 Å². The maximum atomic E-state index is 12.7. The molecule has 1 atom stereocenters. The second kappa shape index (κ2) is 10.9. The first kappa shape index (κ1) is 24.0. The van der Waals surface area contributed by atoms with E-state index in [2.05, 4.69) is 15.7 Å². The van der Waals surface area contributed by atoms with Crippen LogP contribution in [0.4, 0.5) is 11.4 Å². The largest absolute Gasteiger partial charge is 0.497 e. The molecular weight excluding hydrogens is 464 g/mol. The summed E-state index contributed by atoms with van der Waals surface area (Å²) >= 11 is 1.34. The topological polar surface area (TPSA) is 100 Å². The fourth-order valence-corrected chi connectivity index (χ4v) is 4.29. The maximum Gasteiger partial charge on any atom is 0.255 e. The van der Waals surface area contributed by atoms with Crippen LogP contribution in [0.1, 0.15) is 23.7 Å². The molecule has 3 amide bonds. The van der Waals surface area contributed by atoms with Crippen molar-refractivity contribution in [3.8, 4) is 5.75 Å². The van der Waals surface area contributed by atoms with Gasteiger partial charge in [0.05, 0.1) is 24.5 Å². The first-order chi connectivity index (χ1) is 16.9. The third-order valence-electron chi connectivity index (χ3n) is 5.17. The standard InChI is InChI=1S/C26H24N4O4S/c1-17(25(32)28-23-16-24(31)30(29-23)20-8-4-3-5-9-20)35-22-10-6-7-19(15-22)27-26(33)18-11-13-21(34-2)14-12-18/h3-15,17H,16H2,1-2H3,(H,27,33)(H,28,29,32). The van der Waals surface area contributed by atoms with Crippen molar-refractivity contribution in [1.82, 2.24) is 5.32 Å². The van der Waals surface area contributed by atoms with Gasteiger partial charge in [-0.15, -0.1) is 11.8 Å². The number of para-hydroxylation sites is 1. The minimum Gasteiger partial charge on any atom is -0.497 e. The van der Waals surface area contributed by atoms with Crippen LogP contribution in [0.3, 0.4) is 0 Å². The molecule has 178 valence electrons. The Balaban J connectivity index is 1.35. The number of rotatable bonds is 7. The zero-order chi connectivity index (χ0) is 24.8. The number of carbonyl (C=O) groups is 3. The lowest BCUT2D eigenvalue weighted by molar-refractivity contribution is -0.118. The molecule has 0 aliphatic carbocycles. The van der Waals surface area contributed by atoms with Gasteiger partial charge in [0.25, 0.3) is 11.8 Å². The summed E-state index contributed by atoms with van der Waals surface area (Å²) in [6.45, 7) is 1.77. The van der Waals surface area contributed by atoms with E-state index in [1.807, 2.05) is 36.4 Å². The highest BCUT2D eigenvalue weighted by Gasteiger charge is 2.27. The van der Waals surface area contributed by atoms with Crippen LogP contribution in [0.25, 0.3) is 0 Å². The molecule has 8 nitrogen and oxygen atoms in total. The fourth-order valence-electron chi connectivity index (χ4n) is 3.36. The summed E-state index contributed by atoms with van der Waals surface area (Å²) in [7, 11) is 1.57. The minimum absolute atomic E-state index is 0.0326. The van der Waals surface area contributed by atoms with E-state index in [1.165, 1.54) is 16.8 Å². The Labute approximate surface area is 207 Å². The molecule has 0 radical (unpaired) electrons. The van der Waals surface area contributed by atoms with E-state index in [0.717, 1.165) is 4.90 Å². The molecule has 0 aromatic heterocycles. The van der Waals surface area contributed by atoms with E-state index < -0.39 is 5.25 Å². The van der Waals surface area contributed by atoms with Crippen molar-refractivity contribution in [3.63, 3.8) is 0 Å². The molecule has 9 heteroatoms. The Morgan fingerprint density at radius 1 is 1.00 bits per heavy atom. The van der Waals surface area contributed by atoms with Crippen molar-refractivity contribution >= 4 is 46.7 Å². The molecule has 1 heterocycles. The fraction of sp³-hybridized carbons (Fsp3) is 0.154. The Hall–Kier alpha value is -4.11. The summed E-state index contributed by atoms with van der Waals surface area (Å²) in [5.74, 6) is 0.286. The molecule has 3 aromatic rings. The number of hydrogen-bond donors (Lipinski definition) is 2. The molecule has 4 rings (SSSR count). The van der Waals surface area contributed by atoms with Gasteiger partial charge in [-0.2, -0.15) is 10.1 Å². The SMILES string of the molecule is COc1ccc(C(=O)Nc2cccc(SC(C)C(=O)NC3=NN(c4ccccc4)C(=O)C3)c2)cc1. The Morgan fingerprint density at radius 2 is 1.74 bits per heavy atom. The van der Waals surface area contributed by atoms with Crippen LogP contribution < -0.4 is 20.4 Å². The van der Waals surface area contributed by atoms with Crippen molar-refractivity contribution < 1.29 is 19.1 Å². The predicted octanol–water partition coefficient (Wildman–Crippen LogP) is 4.29. The third-order valence-corrected chi connectivity index (χ3v) is 6.26. The summed E-state index contributed by atoms with van der Waals surface area (Å²) in [5.41, 5.74) is 1.78. The Morgan fingerprint density at radius 3 is 2.46 bits per heavy atom. The maximum absolute atomic E-state index is 12.7. The van der Waals surface area contributed by atoms with Crippen LogP contribution in [0, 0.1) is 0 Å². The van der Waals surface area contributed by atoms with Crippen LogP contribution in [0.5, 0.6) is 5.75 Å². The van der Waals surface area contributed by atoms with Gasteiger partial charge in [0, 0.05) is 16.1 Å². The average Bonchev–Trinajstić information content (AvgIpc) is 3.24. The van der Waals surface area contributed by atoms with Crippen LogP contribution >= 0.6 is 11.8 Å². The number of thioether (sulfide) groups is 1. The number of benzene rings is 3. The Bertz CT molecular complexity index is 1260. The molecule has 0 saturated heterocycles. The van der Waals surface area contributed by atoms with Gasteiger partial charge in [0.15, 0.2) is 0 Å². The number of anilines is 2. The van der Waals surface area contributed by atoms with E-state index in [4.69, 9.17) is 4.74 Å². The summed E-state index contributed by atoms with van der Waals surface area (Å²) in [6.07, 6.45) is 0.0326. The van der Waals surface area contributed by atoms with E-state index in [9.17, 15) is 14.4 Å². The number of carbonyl (C=O) groups excluding carboxylic acids is 3. The highest BCUT2D eigenvalue weighted by atomic mass is 32.2. The molecule has 2 N–H and O–H groups in total. The molecule has 0 saturated carbocycles. The number of nitrogens with zero attached hydrogens (tertiary/aromatic N) is 2.